The molecule has 1 amide bonds. The second-order valence-electron chi connectivity index (χ2n) is 4.49. The maximum Gasteiger partial charge on any atom is 0.222 e. The first-order valence-corrected chi connectivity index (χ1v) is 6.00. The van der Waals surface area contributed by atoms with E-state index in [-0.39, 0.29) is 11.9 Å². The molecule has 1 aliphatic rings. The van der Waals surface area contributed by atoms with Crippen LogP contribution in [-0.2, 0) is 4.79 Å². The summed E-state index contributed by atoms with van der Waals surface area (Å²) in [6.45, 7) is 10.2. The Balaban J connectivity index is 2.24. The number of hydrogen-bond acceptors (Lipinski definition) is 3. The number of nitrogens with zero attached hydrogens (tertiary/aromatic N) is 2. The van der Waals surface area contributed by atoms with Crippen LogP contribution in [0.2, 0.25) is 0 Å². The summed E-state index contributed by atoms with van der Waals surface area (Å²) in [5.41, 5.74) is 5.64. The third-order valence-corrected chi connectivity index (χ3v) is 2.93. The number of rotatable bonds is 5. The van der Waals surface area contributed by atoms with Gasteiger partial charge in [0.05, 0.1) is 0 Å². The molecule has 1 heterocycles. The van der Waals surface area contributed by atoms with E-state index >= 15 is 0 Å². The van der Waals surface area contributed by atoms with Gasteiger partial charge < -0.3 is 10.6 Å². The van der Waals surface area contributed by atoms with E-state index in [1.54, 1.807) is 0 Å². The second-order valence-corrected chi connectivity index (χ2v) is 4.49. The van der Waals surface area contributed by atoms with Crippen LogP contribution >= 0.6 is 0 Å². The highest BCUT2D eigenvalue weighted by Gasteiger charge is 2.19. The van der Waals surface area contributed by atoms with Crippen LogP contribution in [0.15, 0.2) is 12.7 Å². The van der Waals surface area contributed by atoms with Crippen molar-refractivity contribution in [1.29, 1.82) is 0 Å². The van der Waals surface area contributed by atoms with Gasteiger partial charge in [-0.2, -0.15) is 0 Å². The number of carbonyl (C=O) groups is 1. The van der Waals surface area contributed by atoms with Crippen LogP contribution in [0.3, 0.4) is 0 Å². The molecule has 4 nitrogen and oxygen atoms in total. The standard InChI is InChI=1S/C12H23N3O/c1-3-6-14-7-9-15(10-8-14)12(16)5-4-11(2)13/h3,11H,1,4-10,13H2,2H3. The van der Waals surface area contributed by atoms with Gasteiger partial charge in [-0.25, -0.2) is 0 Å². The van der Waals surface area contributed by atoms with Gasteiger partial charge in [0.15, 0.2) is 0 Å². The predicted molar refractivity (Wildman–Crippen MR) is 66.1 cm³/mol. The summed E-state index contributed by atoms with van der Waals surface area (Å²) in [5, 5.41) is 0. The van der Waals surface area contributed by atoms with Crippen molar-refractivity contribution in [3.05, 3.63) is 12.7 Å². The molecule has 16 heavy (non-hydrogen) atoms. The number of hydrogen-bond donors (Lipinski definition) is 1. The van der Waals surface area contributed by atoms with Gasteiger partial charge in [0.2, 0.25) is 5.91 Å². The molecule has 1 unspecified atom stereocenters. The van der Waals surface area contributed by atoms with E-state index in [9.17, 15) is 4.79 Å². The molecule has 0 aliphatic carbocycles. The molecular formula is C12H23N3O. The van der Waals surface area contributed by atoms with Gasteiger partial charge in [-0.15, -0.1) is 6.58 Å². The summed E-state index contributed by atoms with van der Waals surface area (Å²) in [4.78, 5) is 16.1. The zero-order valence-corrected chi connectivity index (χ0v) is 10.2. The fraction of sp³-hybridized carbons (Fsp3) is 0.750. The summed E-state index contributed by atoms with van der Waals surface area (Å²) in [7, 11) is 0. The molecule has 1 rings (SSSR count). The molecule has 0 radical (unpaired) electrons. The lowest BCUT2D eigenvalue weighted by molar-refractivity contribution is -0.133. The fourth-order valence-electron chi connectivity index (χ4n) is 1.87. The van der Waals surface area contributed by atoms with Crippen molar-refractivity contribution in [2.75, 3.05) is 32.7 Å². The van der Waals surface area contributed by atoms with Crippen molar-refractivity contribution >= 4 is 5.91 Å². The largest absolute Gasteiger partial charge is 0.340 e. The van der Waals surface area contributed by atoms with Crippen molar-refractivity contribution in [2.45, 2.75) is 25.8 Å². The monoisotopic (exact) mass is 225 g/mol. The third-order valence-electron chi connectivity index (χ3n) is 2.93. The molecule has 0 bridgehead atoms. The topological polar surface area (TPSA) is 49.6 Å². The Bertz CT molecular complexity index is 232. The van der Waals surface area contributed by atoms with E-state index < -0.39 is 0 Å². The summed E-state index contributed by atoms with van der Waals surface area (Å²) in [6, 6.07) is 0.117. The lowest BCUT2D eigenvalue weighted by atomic mass is 10.1. The Morgan fingerprint density at radius 3 is 2.56 bits per heavy atom. The zero-order chi connectivity index (χ0) is 12.0. The lowest BCUT2D eigenvalue weighted by Crippen LogP contribution is -2.48. The van der Waals surface area contributed by atoms with E-state index in [2.05, 4.69) is 11.5 Å². The average molecular weight is 225 g/mol. The highest BCUT2D eigenvalue weighted by atomic mass is 16.2. The van der Waals surface area contributed by atoms with E-state index in [0.29, 0.717) is 6.42 Å². The van der Waals surface area contributed by atoms with E-state index in [0.717, 1.165) is 39.1 Å². The number of nitrogens with two attached hydrogens (primary N) is 1. The van der Waals surface area contributed by atoms with E-state index in [4.69, 9.17) is 5.73 Å². The van der Waals surface area contributed by atoms with Gasteiger partial charge in [-0.1, -0.05) is 6.08 Å². The molecule has 0 aromatic rings. The molecule has 1 saturated heterocycles. The van der Waals surface area contributed by atoms with Crippen LogP contribution in [-0.4, -0.2) is 54.5 Å². The highest BCUT2D eigenvalue weighted by molar-refractivity contribution is 5.76. The Morgan fingerprint density at radius 1 is 1.44 bits per heavy atom. The minimum Gasteiger partial charge on any atom is -0.340 e. The maximum absolute atomic E-state index is 11.8. The molecule has 2 N–H and O–H groups in total. The Hall–Kier alpha value is -0.870. The van der Waals surface area contributed by atoms with Gasteiger partial charge in [0.25, 0.3) is 0 Å². The third kappa shape index (κ3) is 4.33. The summed E-state index contributed by atoms with van der Waals surface area (Å²) >= 11 is 0. The molecule has 0 aromatic carbocycles. The maximum atomic E-state index is 11.8. The lowest BCUT2D eigenvalue weighted by Gasteiger charge is -2.34. The first-order valence-electron chi connectivity index (χ1n) is 6.00. The van der Waals surface area contributed by atoms with Crippen molar-refractivity contribution in [2.24, 2.45) is 5.73 Å². The van der Waals surface area contributed by atoms with Crippen molar-refractivity contribution in [1.82, 2.24) is 9.80 Å². The van der Waals surface area contributed by atoms with Crippen LogP contribution in [0.1, 0.15) is 19.8 Å². The Morgan fingerprint density at radius 2 is 2.06 bits per heavy atom. The first kappa shape index (κ1) is 13.2. The van der Waals surface area contributed by atoms with Crippen molar-refractivity contribution in [3.63, 3.8) is 0 Å². The van der Waals surface area contributed by atoms with Crippen LogP contribution in [0.5, 0.6) is 0 Å². The molecule has 92 valence electrons. The number of carbonyl (C=O) groups excluding carboxylic acids is 1. The smallest absolute Gasteiger partial charge is 0.222 e. The second kappa shape index (κ2) is 6.66. The zero-order valence-electron chi connectivity index (χ0n) is 10.2. The van der Waals surface area contributed by atoms with Crippen molar-refractivity contribution in [3.8, 4) is 0 Å². The minimum atomic E-state index is 0.117. The van der Waals surface area contributed by atoms with Crippen LogP contribution in [0.4, 0.5) is 0 Å². The van der Waals surface area contributed by atoms with Crippen LogP contribution in [0.25, 0.3) is 0 Å². The predicted octanol–water partition coefficient (Wildman–Crippen LogP) is 0.444. The molecule has 0 aromatic heterocycles. The molecule has 1 atom stereocenters. The molecule has 1 aliphatic heterocycles. The van der Waals surface area contributed by atoms with Crippen molar-refractivity contribution < 1.29 is 4.79 Å². The molecular weight excluding hydrogens is 202 g/mol. The molecule has 1 fully saturated rings. The summed E-state index contributed by atoms with van der Waals surface area (Å²) in [5.74, 6) is 0.246. The summed E-state index contributed by atoms with van der Waals surface area (Å²) < 4.78 is 0. The van der Waals surface area contributed by atoms with Gasteiger partial charge in [-0.05, 0) is 13.3 Å². The Labute approximate surface area is 98.1 Å². The normalized spacial score (nSPS) is 19.5. The van der Waals surface area contributed by atoms with Gasteiger partial charge in [-0.3, -0.25) is 9.69 Å². The number of piperazine rings is 1. The van der Waals surface area contributed by atoms with Gasteiger partial charge in [0.1, 0.15) is 0 Å². The van der Waals surface area contributed by atoms with Crippen LogP contribution in [0, 0.1) is 0 Å². The molecule has 0 saturated carbocycles. The SMILES string of the molecule is C=CCN1CCN(C(=O)CCC(C)N)CC1. The van der Waals surface area contributed by atoms with E-state index in [1.807, 2.05) is 17.9 Å². The fourth-order valence-corrected chi connectivity index (χ4v) is 1.87. The van der Waals surface area contributed by atoms with Crippen LogP contribution < -0.4 is 5.73 Å². The van der Waals surface area contributed by atoms with Gasteiger partial charge in [0, 0.05) is 45.2 Å². The molecule has 4 heteroatoms. The summed E-state index contributed by atoms with van der Waals surface area (Å²) in [6.07, 6.45) is 3.28. The minimum absolute atomic E-state index is 0.117. The quantitative estimate of drug-likeness (QED) is 0.691. The first-order chi connectivity index (χ1) is 7.63. The highest BCUT2D eigenvalue weighted by Crippen LogP contribution is 2.05. The van der Waals surface area contributed by atoms with E-state index in [1.165, 1.54) is 0 Å². The number of amides is 1. The Kier molecular flexibility index (Phi) is 5.49. The van der Waals surface area contributed by atoms with Gasteiger partial charge >= 0.3 is 0 Å². The average Bonchev–Trinajstić information content (AvgIpc) is 2.27. The molecule has 0 spiro atoms.